The summed E-state index contributed by atoms with van der Waals surface area (Å²) in [5, 5.41) is -14.2. The van der Waals surface area contributed by atoms with Gasteiger partial charge in [-0.1, -0.05) is 32.8 Å². The van der Waals surface area contributed by atoms with Gasteiger partial charge in [0, 0.05) is 53.0 Å². The van der Waals surface area contributed by atoms with Gasteiger partial charge < -0.3 is 9.73 Å². The number of halogens is 18. The van der Waals surface area contributed by atoms with Crippen molar-refractivity contribution in [1.29, 1.82) is 0 Å². The highest BCUT2D eigenvalue weighted by Crippen LogP contribution is 2.58. The van der Waals surface area contributed by atoms with Gasteiger partial charge in [-0.2, -0.15) is 79.0 Å². The third kappa shape index (κ3) is 11.4. The number of rotatable bonds is 25. The van der Waals surface area contributed by atoms with Gasteiger partial charge >= 0.3 is 46.6 Å². The van der Waals surface area contributed by atoms with Gasteiger partial charge in [-0.15, -0.1) is 0 Å². The molecule has 3 atom stereocenters. The number of alkyl halides is 18. The number of sulfone groups is 5. The molecule has 0 aromatic heterocycles. The molecular formula is C41H40F18N2O13S6. The molecule has 39 heteroatoms. The van der Waals surface area contributed by atoms with E-state index >= 15 is 34.8 Å². The van der Waals surface area contributed by atoms with E-state index in [0.29, 0.717) is 0 Å². The maximum Gasteiger partial charge on any atom is 0.460 e. The van der Waals surface area contributed by atoms with Crippen molar-refractivity contribution in [3.05, 3.63) is 60.0 Å². The number of benzene rings is 3. The summed E-state index contributed by atoms with van der Waals surface area (Å²) in [5.41, 5.74) is -3.47. The van der Waals surface area contributed by atoms with Crippen molar-refractivity contribution in [2.24, 2.45) is 4.99 Å². The molecule has 454 valence electrons. The van der Waals surface area contributed by atoms with E-state index in [0.717, 1.165) is 43.3 Å². The topological polar surface area (TPSA) is 235 Å². The van der Waals surface area contributed by atoms with Crippen molar-refractivity contribution in [3.8, 4) is 22.5 Å². The van der Waals surface area contributed by atoms with Gasteiger partial charge in [0.05, 0.1) is 27.5 Å². The molecule has 15 nitrogen and oxygen atoms in total. The summed E-state index contributed by atoms with van der Waals surface area (Å²) >= 11 is -4.85. The number of nitrogens with one attached hydrogen (secondary N) is 1. The standard InChI is InChI=1S/C41H40F18N2O13S6/c1-5-9-17-73-75(62)32(79(69,70)40(56,57)36(46,47)34(42,43)38(50,51)52)77(65,66)24-13-16-27(31-25-14-11-22(60-7-3)19-28(25)74-29-20-23(61-8-4)12-15-26(29)31)30(21-24)78(67,68)33(76(63,64)18-10-6-2)80(71,72)41(58,59)37(48,49)35(44,45)39(53,54)55/h11-16,19-21,32-33,60H,5-10,17-18H2,1-4H3. The molecule has 0 bridgehead atoms. The second-order valence-corrected chi connectivity index (χ2v) is 30.2. The van der Waals surface area contributed by atoms with Crippen LogP contribution in [0.2, 0.25) is 0 Å². The number of hydrogen-bond acceptors (Lipinski definition) is 15. The number of unbranched alkanes of at least 4 members (excludes halogenated alkanes) is 2. The first-order valence-electron chi connectivity index (χ1n) is 22.1. The lowest BCUT2D eigenvalue weighted by Crippen LogP contribution is -2.65. The van der Waals surface area contributed by atoms with Crippen molar-refractivity contribution in [2.75, 3.05) is 30.8 Å². The summed E-state index contributed by atoms with van der Waals surface area (Å²) in [4.78, 5) is -1.14. The molecule has 0 saturated carbocycles. The Bertz CT molecular complexity index is 3630. The van der Waals surface area contributed by atoms with Gasteiger partial charge in [0.2, 0.25) is 19.7 Å². The molecule has 1 N–H and O–H groups in total. The molecule has 0 spiro atoms. The first kappa shape index (κ1) is 68.0. The summed E-state index contributed by atoms with van der Waals surface area (Å²) in [6, 6.07) is 4.87. The monoisotopic (exact) mass is 1300 g/mol. The Morgan fingerprint density at radius 1 is 0.600 bits per heavy atom. The zero-order valence-corrected chi connectivity index (χ0v) is 45.4. The van der Waals surface area contributed by atoms with Gasteiger partial charge in [-0.25, -0.2) is 46.3 Å². The molecular weight excluding hydrogens is 1260 g/mol. The minimum atomic E-state index is -8.92. The Balaban J connectivity index is 2.43. The quantitative estimate of drug-likeness (QED) is 0.0369. The number of fused-ring (bicyclic) bond motifs is 2. The largest absolute Gasteiger partial charge is 0.460 e. The minimum Gasteiger partial charge on any atom is -0.456 e. The van der Waals surface area contributed by atoms with Crippen molar-refractivity contribution in [2.45, 2.75) is 118 Å². The third-order valence-corrected chi connectivity index (χ3v) is 27.9. The number of nitrogens with zero attached hydrogens (tertiary/aromatic N) is 1. The fourth-order valence-electron chi connectivity index (χ4n) is 7.13. The van der Waals surface area contributed by atoms with E-state index in [-0.39, 0.29) is 42.7 Å². The van der Waals surface area contributed by atoms with Crippen LogP contribution >= 0.6 is 0 Å². The summed E-state index contributed by atoms with van der Waals surface area (Å²) in [7, 11) is -39.8. The van der Waals surface area contributed by atoms with Crippen LogP contribution < -0.4 is 10.7 Å². The highest BCUT2D eigenvalue weighted by molar-refractivity contribution is 8.24. The van der Waals surface area contributed by atoms with Crippen LogP contribution in [0, 0.1) is 0 Å². The van der Waals surface area contributed by atoms with E-state index in [1.54, 1.807) is 0 Å². The van der Waals surface area contributed by atoms with Crippen LogP contribution in [-0.2, 0) is 64.4 Å². The van der Waals surface area contributed by atoms with Crippen molar-refractivity contribution < 1.29 is 134 Å². The van der Waals surface area contributed by atoms with Crippen molar-refractivity contribution in [3.63, 3.8) is 0 Å². The molecule has 2 aliphatic rings. The van der Waals surface area contributed by atoms with E-state index < -0.39 is 196 Å². The highest BCUT2D eigenvalue weighted by Gasteiger charge is 2.88. The van der Waals surface area contributed by atoms with Crippen LogP contribution in [0.3, 0.4) is 0 Å². The SMILES string of the molecule is CCCCOS(=O)C(S(=O)(=O)c1ccc(-c2c3ccc(=NCC)cc-3oc3cc(NCC)ccc23)c(S(=O)(=O)C(S(=O)(=O)CCCC)S(=O)(=O)C(F)(F)C(F)(F)C(F)(F)C(F)(F)F)c1)S(=O)(=O)C(F)(F)C(F)(F)C(F)(F)C(F)(F)F. The van der Waals surface area contributed by atoms with E-state index in [9.17, 15) is 90.6 Å². The smallest absolute Gasteiger partial charge is 0.456 e. The summed E-state index contributed by atoms with van der Waals surface area (Å²) in [6.45, 7) is 4.02. The van der Waals surface area contributed by atoms with E-state index in [2.05, 4.69) is 14.5 Å². The fourth-order valence-corrected chi connectivity index (χ4v) is 22.7. The molecule has 0 amide bonds. The maximum absolute atomic E-state index is 15.9. The molecule has 0 saturated heterocycles. The zero-order chi connectivity index (χ0) is 61.9. The average molecular weight is 1300 g/mol. The molecule has 4 rings (SSSR count). The summed E-state index contributed by atoms with van der Waals surface area (Å²) in [6.07, 6.45) is -18.2. The Kier molecular flexibility index (Phi) is 19.2. The van der Waals surface area contributed by atoms with Crippen LogP contribution in [0.4, 0.5) is 84.7 Å². The normalized spacial score (nSPS) is 16.1. The third-order valence-electron chi connectivity index (χ3n) is 11.2. The Morgan fingerprint density at radius 2 is 1.11 bits per heavy atom. The van der Waals surface area contributed by atoms with E-state index in [1.807, 2.05) is 0 Å². The van der Waals surface area contributed by atoms with Crippen LogP contribution in [0.5, 0.6) is 0 Å². The maximum atomic E-state index is 15.9. The van der Waals surface area contributed by atoms with Crippen LogP contribution in [0.1, 0.15) is 53.4 Å². The predicted molar refractivity (Wildman–Crippen MR) is 248 cm³/mol. The van der Waals surface area contributed by atoms with Gasteiger partial charge in [-0.05, 0) is 63.1 Å². The van der Waals surface area contributed by atoms with Gasteiger partial charge in [-0.3, -0.25) is 9.18 Å². The first-order valence-corrected chi connectivity index (χ1v) is 31.1. The molecule has 1 heterocycles. The van der Waals surface area contributed by atoms with Gasteiger partial charge in [0.25, 0.3) is 27.5 Å². The van der Waals surface area contributed by atoms with Crippen LogP contribution in [-0.4, -0.2) is 126 Å². The molecule has 2 aromatic carbocycles. The molecule has 2 aromatic rings. The molecule has 0 radical (unpaired) electrons. The lowest BCUT2D eigenvalue weighted by Gasteiger charge is -2.34. The Labute approximate surface area is 444 Å². The predicted octanol–water partition coefficient (Wildman–Crippen LogP) is 10.0. The number of anilines is 1. The van der Waals surface area contributed by atoms with Crippen molar-refractivity contribution >= 4 is 76.9 Å². The van der Waals surface area contributed by atoms with Gasteiger partial charge in [0.15, 0.2) is 20.9 Å². The minimum absolute atomic E-state index is 0.00469. The summed E-state index contributed by atoms with van der Waals surface area (Å²) in [5.74, 6) is -35.9. The van der Waals surface area contributed by atoms with E-state index in [4.69, 9.17) is 4.42 Å². The average Bonchev–Trinajstić information content (AvgIpc) is 3.31. The number of hydrogen-bond donors (Lipinski definition) is 1. The molecule has 3 unspecified atom stereocenters. The second kappa shape index (κ2) is 22.6. The van der Waals surface area contributed by atoms with Crippen molar-refractivity contribution in [1.82, 2.24) is 0 Å². The molecule has 0 fully saturated rings. The van der Waals surface area contributed by atoms with E-state index in [1.165, 1.54) is 20.8 Å². The molecule has 1 aliphatic heterocycles. The Morgan fingerprint density at radius 3 is 1.60 bits per heavy atom. The first-order chi connectivity index (χ1) is 36.1. The van der Waals surface area contributed by atoms with Crippen LogP contribution in [0.15, 0.2) is 73.8 Å². The zero-order valence-electron chi connectivity index (χ0n) is 40.5. The van der Waals surface area contributed by atoms with Crippen LogP contribution in [0.25, 0.3) is 33.4 Å². The lowest BCUT2D eigenvalue weighted by atomic mass is 9.93. The van der Waals surface area contributed by atoms with Gasteiger partial charge in [0.1, 0.15) is 11.3 Å². The highest BCUT2D eigenvalue weighted by atomic mass is 32.3. The Hall–Kier alpha value is -4.47. The molecule has 1 aliphatic carbocycles. The molecule has 80 heavy (non-hydrogen) atoms. The second-order valence-electron chi connectivity index (χ2n) is 16.8. The fraction of sp³-hybridized carbons (Fsp3) is 0.537. The lowest BCUT2D eigenvalue weighted by molar-refractivity contribution is -0.382. The summed E-state index contributed by atoms with van der Waals surface area (Å²) < 4.78 is 415.